The van der Waals surface area contributed by atoms with E-state index in [1.807, 2.05) is 32.9 Å². The first-order chi connectivity index (χ1) is 7.82. The van der Waals surface area contributed by atoms with Crippen molar-refractivity contribution in [3.8, 4) is 0 Å². The van der Waals surface area contributed by atoms with Gasteiger partial charge in [0.1, 0.15) is 5.88 Å². The predicted molar refractivity (Wildman–Crippen MR) is 79.5 cm³/mol. The molecule has 2 nitrogen and oxygen atoms in total. The highest BCUT2D eigenvalue weighted by atomic mass is 79.9. The largest absolute Gasteiger partial charge is 0.279 e. The van der Waals surface area contributed by atoms with Crippen molar-refractivity contribution in [1.29, 1.82) is 0 Å². The van der Waals surface area contributed by atoms with Crippen molar-refractivity contribution < 1.29 is 4.21 Å². The zero-order chi connectivity index (χ0) is 13.1. The summed E-state index contributed by atoms with van der Waals surface area (Å²) in [6, 6.07) is 5.55. The van der Waals surface area contributed by atoms with Gasteiger partial charge < -0.3 is 0 Å². The van der Waals surface area contributed by atoms with Crippen LogP contribution in [0.5, 0.6) is 0 Å². The van der Waals surface area contributed by atoms with E-state index in [1.165, 1.54) is 0 Å². The van der Waals surface area contributed by atoms with Crippen LogP contribution in [0.2, 0.25) is 5.02 Å². The maximum Gasteiger partial charge on any atom is 0.115 e. The van der Waals surface area contributed by atoms with Crippen LogP contribution in [0.4, 0.5) is 0 Å². The van der Waals surface area contributed by atoms with Crippen LogP contribution in [0.1, 0.15) is 26.3 Å². The summed E-state index contributed by atoms with van der Waals surface area (Å²) < 4.78 is 12.4. The van der Waals surface area contributed by atoms with E-state index in [2.05, 4.69) is 20.9 Å². The third-order valence-electron chi connectivity index (χ3n) is 2.09. The van der Waals surface area contributed by atoms with Gasteiger partial charge in [0, 0.05) is 31.8 Å². The number of aliphatic imine (C=N–C) groups is 1. The van der Waals surface area contributed by atoms with Crippen LogP contribution in [0.3, 0.4) is 0 Å². The highest BCUT2D eigenvalue weighted by Crippen LogP contribution is 2.22. The Morgan fingerprint density at radius 1 is 1.47 bits per heavy atom. The smallest absolute Gasteiger partial charge is 0.115 e. The van der Waals surface area contributed by atoms with Gasteiger partial charge in [0.15, 0.2) is 0 Å². The summed E-state index contributed by atoms with van der Waals surface area (Å²) in [6.07, 6.45) is 1.66. The van der Waals surface area contributed by atoms with Crippen LogP contribution in [-0.4, -0.2) is 21.0 Å². The number of rotatable bonds is 3. The number of halogens is 2. The topological polar surface area (TPSA) is 29.4 Å². The maximum absolute atomic E-state index is 11.8. The summed E-state index contributed by atoms with van der Waals surface area (Å²) in [5, 5.41) is 0.629. The fourth-order valence-corrected chi connectivity index (χ4v) is 2.43. The van der Waals surface area contributed by atoms with E-state index in [1.54, 1.807) is 12.3 Å². The molecule has 0 amide bonds. The Bertz CT molecular complexity index is 434. The molecule has 0 N–H and O–H groups in total. The number of nitrogens with zero attached hydrogens (tertiary/aromatic N) is 1. The third kappa shape index (κ3) is 4.53. The minimum Gasteiger partial charge on any atom is -0.279 e. The molecule has 0 aliphatic heterocycles. The van der Waals surface area contributed by atoms with Crippen molar-refractivity contribution in [1.82, 2.24) is 0 Å². The molecule has 0 aliphatic rings. The molecule has 0 fully saturated rings. The van der Waals surface area contributed by atoms with Crippen LogP contribution in [0, 0.1) is 0 Å². The van der Waals surface area contributed by atoms with Crippen LogP contribution in [0.15, 0.2) is 27.7 Å². The minimum atomic E-state index is -0.981. The van der Waals surface area contributed by atoms with E-state index >= 15 is 0 Å². The SMILES string of the molecule is CC(C)(C)[S@](=O)C/N=C/c1c(Cl)cccc1Br. The highest BCUT2D eigenvalue weighted by Gasteiger charge is 2.18. The van der Waals surface area contributed by atoms with Crippen LogP contribution in [-0.2, 0) is 10.8 Å². The minimum absolute atomic E-state index is 0.241. The van der Waals surface area contributed by atoms with E-state index in [4.69, 9.17) is 11.6 Å². The van der Waals surface area contributed by atoms with Crippen molar-refractivity contribution in [2.75, 3.05) is 5.88 Å². The molecule has 0 unspecified atom stereocenters. The molecule has 0 saturated carbocycles. The van der Waals surface area contributed by atoms with Gasteiger partial charge in [0.2, 0.25) is 0 Å². The predicted octanol–water partition coefficient (Wildman–Crippen LogP) is 4.03. The normalized spacial score (nSPS) is 14.2. The lowest BCUT2D eigenvalue weighted by Gasteiger charge is -2.15. The second kappa shape index (κ2) is 6.12. The van der Waals surface area contributed by atoms with Gasteiger partial charge in [-0.15, -0.1) is 0 Å². The standard InChI is InChI=1S/C12H15BrClNOS/c1-12(2,3)17(16)8-15-7-9-10(13)5-4-6-11(9)14/h4-7H,8H2,1-3H3/b15-7+/t17-/m1/s1. The molecular formula is C12H15BrClNOS. The van der Waals surface area contributed by atoms with Crippen molar-refractivity contribution in [3.63, 3.8) is 0 Å². The van der Waals surface area contributed by atoms with Gasteiger partial charge >= 0.3 is 0 Å². The second-order valence-electron chi connectivity index (χ2n) is 4.53. The van der Waals surface area contributed by atoms with E-state index in [-0.39, 0.29) is 4.75 Å². The number of benzene rings is 1. The Morgan fingerprint density at radius 3 is 2.65 bits per heavy atom. The molecule has 0 heterocycles. The molecule has 5 heteroatoms. The molecule has 0 bridgehead atoms. The van der Waals surface area contributed by atoms with Gasteiger partial charge in [-0.1, -0.05) is 33.6 Å². The molecule has 1 atom stereocenters. The molecule has 1 rings (SSSR count). The average Bonchev–Trinajstić information content (AvgIpc) is 2.20. The molecule has 17 heavy (non-hydrogen) atoms. The Labute approximate surface area is 118 Å². The number of hydrogen-bond donors (Lipinski definition) is 0. The fourth-order valence-electron chi connectivity index (χ4n) is 1.02. The monoisotopic (exact) mass is 335 g/mol. The molecule has 0 radical (unpaired) electrons. The van der Waals surface area contributed by atoms with Crippen molar-refractivity contribution in [2.24, 2.45) is 4.99 Å². The molecule has 0 aliphatic carbocycles. The quantitative estimate of drug-likeness (QED) is 0.766. The summed E-state index contributed by atoms with van der Waals surface area (Å²) in [4.78, 5) is 4.19. The van der Waals surface area contributed by atoms with E-state index in [9.17, 15) is 4.21 Å². The Hall–Kier alpha value is -0.190. The van der Waals surface area contributed by atoms with Gasteiger partial charge in [-0.25, -0.2) is 0 Å². The lowest BCUT2D eigenvalue weighted by atomic mass is 10.2. The van der Waals surface area contributed by atoms with E-state index in [0.29, 0.717) is 10.9 Å². The second-order valence-corrected chi connectivity index (χ2v) is 7.97. The van der Waals surface area contributed by atoms with Crippen molar-refractivity contribution >= 4 is 44.5 Å². The summed E-state index contributed by atoms with van der Waals surface area (Å²) in [6.45, 7) is 5.80. The van der Waals surface area contributed by atoms with Crippen molar-refractivity contribution in [2.45, 2.75) is 25.5 Å². The summed E-state index contributed by atoms with van der Waals surface area (Å²) in [7, 11) is -0.981. The first kappa shape index (κ1) is 14.9. The maximum atomic E-state index is 11.8. The number of hydrogen-bond acceptors (Lipinski definition) is 2. The zero-order valence-corrected chi connectivity index (χ0v) is 13.2. The van der Waals surface area contributed by atoms with Gasteiger partial charge in [-0.05, 0) is 32.9 Å². The average molecular weight is 337 g/mol. The molecule has 1 aromatic carbocycles. The summed E-state index contributed by atoms with van der Waals surface area (Å²) in [5.74, 6) is 0.293. The lowest BCUT2D eigenvalue weighted by molar-refractivity contribution is 0.649. The molecule has 0 spiro atoms. The summed E-state index contributed by atoms with van der Waals surface area (Å²) >= 11 is 9.44. The lowest BCUT2D eigenvalue weighted by Crippen LogP contribution is -2.23. The van der Waals surface area contributed by atoms with E-state index in [0.717, 1.165) is 10.0 Å². The molecular weight excluding hydrogens is 322 g/mol. The zero-order valence-electron chi connectivity index (χ0n) is 10.0. The molecule has 0 aromatic heterocycles. The molecule has 0 saturated heterocycles. The Kier molecular flexibility index (Phi) is 5.35. The first-order valence-corrected chi connectivity index (χ1v) is 7.63. The van der Waals surface area contributed by atoms with Crippen molar-refractivity contribution in [3.05, 3.63) is 33.3 Å². The molecule has 94 valence electrons. The fraction of sp³-hybridized carbons (Fsp3) is 0.417. The van der Waals surface area contributed by atoms with E-state index < -0.39 is 10.8 Å². The van der Waals surface area contributed by atoms with Gasteiger partial charge in [0.25, 0.3) is 0 Å². The van der Waals surface area contributed by atoms with Crippen LogP contribution in [0.25, 0.3) is 0 Å². The van der Waals surface area contributed by atoms with Gasteiger partial charge in [-0.3, -0.25) is 9.20 Å². The Morgan fingerprint density at radius 2 is 2.12 bits per heavy atom. The van der Waals surface area contributed by atoms with Gasteiger partial charge in [-0.2, -0.15) is 0 Å². The van der Waals surface area contributed by atoms with Gasteiger partial charge in [0.05, 0.1) is 5.02 Å². The van der Waals surface area contributed by atoms with Crippen LogP contribution >= 0.6 is 27.5 Å². The Balaban J connectivity index is 2.76. The molecule has 1 aromatic rings. The first-order valence-electron chi connectivity index (χ1n) is 5.14. The summed E-state index contributed by atoms with van der Waals surface area (Å²) in [5.41, 5.74) is 0.820. The highest BCUT2D eigenvalue weighted by molar-refractivity contribution is 9.10. The van der Waals surface area contributed by atoms with Crippen LogP contribution < -0.4 is 0 Å². The third-order valence-corrected chi connectivity index (χ3v) is 4.87.